The summed E-state index contributed by atoms with van der Waals surface area (Å²) >= 11 is 0. The van der Waals surface area contributed by atoms with Crippen molar-refractivity contribution in [2.75, 3.05) is 39.4 Å². The van der Waals surface area contributed by atoms with Crippen molar-refractivity contribution in [2.45, 2.75) is 4.90 Å². The standard InChI is InChI=1S/C13H19N3O4S/c14-5-6-15-21(18,19)12-3-1-11(2-4-12)13(17)16-7-9-20-10-8-16/h1-4,15H,5-10,14H2. The number of rotatable bonds is 5. The lowest BCUT2D eigenvalue weighted by molar-refractivity contribution is 0.0303. The molecule has 7 nitrogen and oxygen atoms in total. The molecule has 0 aliphatic carbocycles. The molecule has 1 saturated heterocycles. The number of ether oxygens (including phenoxy) is 1. The lowest BCUT2D eigenvalue weighted by atomic mass is 10.2. The second-order valence-electron chi connectivity index (χ2n) is 4.62. The van der Waals surface area contributed by atoms with Gasteiger partial charge in [-0.05, 0) is 24.3 Å². The number of nitrogens with one attached hydrogen (secondary N) is 1. The maximum absolute atomic E-state index is 12.2. The maximum Gasteiger partial charge on any atom is 0.254 e. The number of benzene rings is 1. The smallest absolute Gasteiger partial charge is 0.254 e. The van der Waals surface area contributed by atoms with Crippen molar-refractivity contribution < 1.29 is 17.9 Å². The highest BCUT2D eigenvalue weighted by Gasteiger charge is 2.19. The molecule has 0 spiro atoms. The highest BCUT2D eigenvalue weighted by atomic mass is 32.2. The Kier molecular flexibility index (Phi) is 5.29. The minimum atomic E-state index is -3.56. The van der Waals surface area contributed by atoms with Gasteiger partial charge in [-0.2, -0.15) is 0 Å². The molecule has 116 valence electrons. The minimum Gasteiger partial charge on any atom is -0.378 e. The summed E-state index contributed by atoms with van der Waals surface area (Å²) in [5.74, 6) is -0.114. The van der Waals surface area contributed by atoms with Crippen LogP contribution in [0.3, 0.4) is 0 Å². The van der Waals surface area contributed by atoms with E-state index in [1.165, 1.54) is 24.3 Å². The molecule has 0 unspecified atom stereocenters. The number of amides is 1. The van der Waals surface area contributed by atoms with E-state index in [4.69, 9.17) is 10.5 Å². The van der Waals surface area contributed by atoms with Gasteiger partial charge in [-0.25, -0.2) is 13.1 Å². The topological polar surface area (TPSA) is 102 Å². The Morgan fingerprint density at radius 2 is 1.86 bits per heavy atom. The third kappa shape index (κ3) is 4.01. The lowest BCUT2D eigenvalue weighted by Crippen LogP contribution is -2.40. The second-order valence-corrected chi connectivity index (χ2v) is 6.38. The van der Waals surface area contributed by atoms with Crippen LogP contribution in [0.15, 0.2) is 29.2 Å². The Morgan fingerprint density at radius 3 is 2.43 bits per heavy atom. The quantitative estimate of drug-likeness (QED) is 0.755. The molecular formula is C13H19N3O4S. The molecule has 0 saturated carbocycles. The zero-order valence-electron chi connectivity index (χ0n) is 11.6. The molecule has 0 atom stereocenters. The summed E-state index contributed by atoms with van der Waals surface area (Å²) in [4.78, 5) is 14.0. The number of morpholine rings is 1. The third-order valence-corrected chi connectivity index (χ3v) is 4.62. The molecule has 1 aliphatic heterocycles. The number of carbonyl (C=O) groups excluding carboxylic acids is 1. The van der Waals surface area contributed by atoms with Crippen LogP contribution in [-0.2, 0) is 14.8 Å². The summed E-state index contributed by atoms with van der Waals surface area (Å²) < 4.78 is 31.4. The van der Waals surface area contributed by atoms with E-state index in [-0.39, 0.29) is 23.9 Å². The van der Waals surface area contributed by atoms with Gasteiger partial charge in [0.2, 0.25) is 10.0 Å². The van der Waals surface area contributed by atoms with Gasteiger partial charge in [0, 0.05) is 31.7 Å². The third-order valence-electron chi connectivity index (χ3n) is 3.15. The van der Waals surface area contributed by atoms with Crippen LogP contribution in [0.4, 0.5) is 0 Å². The van der Waals surface area contributed by atoms with Crippen molar-refractivity contribution in [2.24, 2.45) is 5.73 Å². The van der Waals surface area contributed by atoms with Crippen LogP contribution in [0.25, 0.3) is 0 Å². The van der Waals surface area contributed by atoms with Crippen LogP contribution < -0.4 is 10.5 Å². The Balaban J connectivity index is 2.09. The Hall–Kier alpha value is -1.48. The molecule has 1 amide bonds. The van der Waals surface area contributed by atoms with E-state index < -0.39 is 10.0 Å². The fraction of sp³-hybridized carbons (Fsp3) is 0.462. The first kappa shape index (κ1) is 15.9. The Bertz CT molecular complexity index is 580. The zero-order valence-corrected chi connectivity index (χ0v) is 12.4. The van der Waals surface area contributed by atoms with Crippen molar-refractivity contribution >= 4 is 15.9 Å². The molecule has 1 heterocycles. The molecule has 0 bridgehead atoms. The SMILES string of the molecule is NCCNS(=O)(=O)c1ccc(C(=O)N2CCOCC2)cc1. The van der Waals surface area contributed by atoms with Crippen molar-refractivity contribution in [1.82, 2.24) is 9.62 Å². The normalized spacial score (nSPS) is 16.0. The van der Waals surface area contributed by atoms with E-state index in [0.29, 0.717) is 31.9 Å². The van der Waals surface area contributed by atoms with E-state index >= 15 is 0 Å². The van der Waals surface area contributed by atoms with Crippen molar-refractivity contribution in [1.29, 1.82) is 0 Å². The van der Waals surface area contributed by atoms with Crippen LogP contribution in [0.5, 0.6) is 0 Å². The van der Waals surface area contributed by atoms with Gasteiger partial charge in [0.1, 0.15) is 0 Å². The van der Waals surface area contributed by atoms with Gasteiger partial charge in [-0.15, -0.1) is 0 Å². The molecule has 0 aromatic heterocycles. The molecule has 3 N–H and O–H groups in total. The molecule has 8 heteroatoms. The van der Waals surface area contributed by atoms with Crippen molar-refractivity contribution in [3.8, 4) is 0 Å². The first-order chi connectivity index (χ1) is 10.0. The average Bonchev–Trinajstić information content (AvgIpc) is 2.53. The summed E-state index contributed by atoms with van der Waals surface area (Å²) in [6.45, 7) is 2.57. The number of hydrogen-bond acceptors (Lipinski definition) is 5. The summed E-state index contributed by atoms with van der Waals surface area (Å²) in [5.41, 5.74) is 5.74. The van der Waals surface area contributed by atoms with E-state index in [1.807, 2.05) is 0 Å². The molecule has 21 heavy (non-hydrogen) atoms. The summed E-state index contributed by atoms with van der Waals surface area (Å²) in [6.07, 6.45) is 0. The minimum absolute atomic E-state index is 0.114. The number of hydrogen-bond donors (Lipinski definition) is 2. The fourth-order valence-corrected chi connectivity index (χ4v) is 3.05. The van der Waals surface area contributed by atoms with Crippen LogP contribution in [0.1, 0.15) is 10.4 Å². The first-order valence-corrected chi connectivity index (χ1v) is 8.20. The first-order valence-electron chi connectivity index (χ1n) is 6.71. The van der Waals surface area contributed by atoms with Crippen LogP contribution in [-0.4, -0.2) is 58.6 Å². The highest BCUT2D eigenvalue weighted by molar-refractivity contribution is 7.89. The van der Waals surface area contributed by atoms with Crippen LogP contribution in [0.2, 0.25) is 0 Å². The number of nitrogens with two attached hydrogens (primary N) is 1. The van der Waals surface area contributed by atoms with Crippen LogP contribution >= 0.6 is 0 Å². The lowest BCUT2D eigenvalue weighted by Gasteiger charge is -2.26. The Morgan fingerprint density at radius 1 is 1.24 bits per heavy atom. The number of sulfonamides is 1. The van der Waals surface area contributed by atoms with Gasteiger partial charge < -0.3 is 15.4 Å². The molecule has 1 fully saturated rings. The van der Waals surface area contributed by atoms with Gasteiger partial charge in [-0.3, -0.25) is 4.79 Å². The predicted octanol–water partition coefficient (Wildman–Crippen LogP) is -0.604. The maximum atomic E-state index is 12.2. The molecule has 1 aromatic rings. The number of carbonyl (C=O) groups is 1. The second kappa shape index (κ2) is 6.99. The van der Waals surface area contributed by atoms with Crippen molar-refractivity contribution in [3.05, 3.63) is 29.8 Å². The Labute approximate surface area is 124 Å². The number of nitrogens with zero attached hydrogens (tertiary/aromatic N) is 1. The van der Waals surface area contributed by atoms with Gasteiger partial charge in [0.15, 0.2) is 0 Å². The van der Waals surface area contributed by atoms with Gasteiger partial charge in [0.05, 0.1) is 18.1 Å². The van der Waals surface area contributed by atoms with E-state index in [9.17, 15) is 13.2 Å². The average molecular weight is 313 g/mol. The molecule has 1 aromatic carbocycles. The molecule has 1 aliphatic rings. The fourth-order valence-electron chi connectivity index (χ4n) is 2.00. The predicted molar refractivity (Wildman–Crippen MR) is 77.4 cm³/mol. The van der Waals surface area contributed by atoms with Gasteiger partial charge in [0.25, 0.3) is 5.91 Å². The highest BCUT2D eigenvalue weighted by Crippen LogP contribution is 2.13. The zero-order chi connectivity index (χ0) is 15.3. The largest absolute Gasteiger partial charge is 0.378 e. The summed E-state index contributed by atoms with van der Waals surface area (Å²) in [6, 6.07) is 5.89. The summed E-state index contributed by atoms with van der Waals surface area (Å²) in [5, 5.41) is 0. The van der Waals surface area contributed by atoms with Gasteiger partial charge in [-0.1, -0.05) is 0 Å². The molecule has 0 radical (unpaired) electrons. The van der Waals surface area contributed by atoms with E-state index in [1.54, 1.807) is 4.90 Å². The molecule has 2 rings (SSSR count). The van der Waals surface area contributed by atoms with Crippen molar-refractivity contribution in [3.63, 3.8) is 0 Å². The van der Waals surface area contributed by atoms with E-state index in [2.05, 4.69) is 4.72 Å². The van der Waals surface area contributed by atoms with E-state index in [0.717, 1.165) is 0 Å². The van der Waals surface area contributed by atoms with Gasteiger partial charge >= 0.3 is 0 Å². The molecular weight excluding hydrogens is 294 g/mol. The summed E-state index contributed by atoms with van der Waals surface area (Å²) in [7, 11) is -3.56. The van der Waals surface area contributed by atoms with Crippen LogP contribution in [0, 0.1) is 0 Å². The monoisotopic (exact) mass is 313 g/mol.